The van der Waals surface area contributed by atoms with Crippen molar-refractivity contribution in [3.8, 4) is 5.75 Å². The van der Waals surface area contributed by atoms with Gasteiger partial charge in [-0.2, -0.15) is 0 Å². The molecule has 2 saturated carbocycles. The molecule has 4 rings (SSSR count). The van der Waals surface area contributed by atoms with Gasteiger partial charge in [0, 0.05) is 18.4 Å². The molecule has 1 aromatic heterocycles. The van der Waals surface area contributed by atoms with E-state index in [9.17, 15) is 4.39 Å². The van der Waals surface area contributed by atoms with Crippen LogP contribution in [0.4, 0.5) is 4.39 Å². The highest BCUT2D eigenvalue weighted by Gasteiger charge is 2.43. The van der Waals surface area contributed by atoms with Crippen molar-refractivity contribution in [1.82, 2.24) is 14.8 Å². The Kier molecular flexibility index (Phi) is 6.21. The lowest BCUT2D eigenvalue weighted by Crippen LogP contribution is -2.24. The van der Waals surface area contributed by atoms with Crippen LogP contribution in [0.5, 0.6) is 5.75 Å². The normalized spacial score (nSPS) is 24.6. The second kappa shape index (κ2) is 8.82. The summed E-state index contributed by atoms with van der Waals surface area (Å²) in [5.74, 6) is 3.71. The summed E-state index contributed by atoms with van der Waals surface area (Å²) in [7, 11) is 0. The van der Waals surface area contributed by atoms with E-state index in [2.05, 4.69) is 21.7 Å². The number of ether oxygens (including phenoxy) is 1. The van der Waals surface area contributed by atoms with Crippen LogP contribution < -0.4 is 4.74 Å². The van der Waals surface area contributed by atoms with E-state index in [0.29, 0.717) is 12.0 Å². The average Bonchev–Trinajstić information content (AvgIpc) is 3.43. The molecule has 2 fully saturated rings. The average molecular weight is 406 g/mol. The molecule has 2 aromatic rings. The van der Waals surface area contributed by atoms with Crippen LogP contribution in [0.2, 0.25) is 0 Å². The van der Waals surface area contributed by atoms with E-state index in [1.807, 2.05) is 0 Å². The predicted molar refractivity (Wildman–Crippen MR) is 107 cm³/mol. The number of thioether (sulfide) groups is 1. The number of hydrogen-bond donors (Lipinski definition) is 1. The van der Waals surface area contributed by atoms with Gasteiger partial charge in [-0.25, -0.2) is 4.39 Å². The maximum Gasteiger partial charge on any atom is 0.191 e. The van der Waals surface area contributed by atoms with Gasteiger partial charge in [-0.15, -0.1) is 10.2 Å². The van der Waals surface area contributed by atoms with Gasteiger partial charge in [0.1, 0.15) is 6.61 Å². The second-order valence-corrected chi connectivity index (χ2v) is 9.05. The number of aliphatic hydroxyl groups is 1. The SMILES string of the molecule is CC(C1CC2CCC1C2)n1c(COc2ccccc2F)nnc1SCCCO. The van der Waals surface area contributed by atoms with Crippen molar-refractivity contribution in [1.29, 1.82) is 0 Å². The first-order valence-corrected chi connectivity index (χ1v) is 11.2. The number of rotatable bonds is 9. The fraction of sp³-hybridized carbons (Fsp3) is 0.619. The molecule has 0 amide bonds. The maximum atomic E-state index is 13.9. The molecule has 4 unspecified atom stereocenters. The molecule has 1 aromatic carbocycles. The van der Waals surface area contributed by atoms with Crippen molar-refractivity contribution in [3.05, 3.63) is 35.9 Å². The van der Waals surface area contributed by atoms with Gasteiger partial charge in [0.25, 0.3) is 0 Å². The standard InChI is InChI=1S/C21H28FN3O2S/c1-14(17-12-15-7-8-16(17)11-15)25-20(23-24-21(25)28-10-4-9-26)13-27-19-6-3-2-5-18(19)22/h2-3,5-6,14-17,26H,4,7-13H2,1H3. The zero-order valence-electron chi connectivity index (χ0n) is 16.3. The van der Waals surface area contributed by atoms with Crippen LogP contribution in [0.15, 0.2) is 29.4 Å². The van der Waals surface area contributed by atoms with Crippen molar-refractivity contribution >= 4 is 11.8 Å². The zero-order chi connectivity index (χ0) is 19.5. The summed E-state index contributed by atoms with van der Waals surface area (Å²) in [5, 5.41) is 18.7. The van der Waals surface area contributed by atoms with E-state index in [0.717, 1.165) is 35.0 Å². The first kappa shape index (κ1) is 19.7. The Balaban J connectivity index is 1.54. The van der Waals surface area contributed by atoms with Crippen molar-refractivity contribution < 1.29 is 14.2 Å². The number of aromatic nitrogens is 3. The number of hydrogen-bond acceptors (Lipinski definition) is 5. The van der Waals surface area contributed by atoms with E-state index in [1.165, 1.54) is 31.7 Å². The third-order valence-corrected chi connectivity index (χ3v) is 7.31. The first-order valence-electron chi connectivity index (χ1n) is 10.2. The van der Waals surface area contributed by atoms with E-state index in [1.54, 1.807) is 30.0 Å². The summed E-state index contributed by atoms with van der Waals surface area (Å²) >= 11 is 1.62. The van der Waals surface area contributed by atoms with Crippen LogP contribution in [0.3, 0.4) is 0 Å². The highest BCUT2D eigenvalue weighted by Crippen LogP contribution is 2.52. The molecular formula is C21H28FN3O2S. The van der Waals surface area contributed by atoms with Gasteiger partial charge in [-0.1, -0.05) is 30.3 Å². The Morgan fingerprint density at radius 2 is 2.14 bits per heavy atom. The van der Waals surface area contributed by atoms with Gasteiger partial charge in [-0.05, 0) is 62.5 Å². The minimum absolute atomic E-state index is 0.173. The summed E-state index contributed by atoms with van der Waals surface area (Å²) in [6, 6.07) is 6.73. The molecule has 0 saturated heterocycles. The van der Waals surface area contributed by atoms with Gasteiger partial charge in [-0.3, -0.25) is 4.57 Å². The summed E-state index contributed by atoms with van der Waals surface area (Å²) < 4.78 is 21.8. The highest BCUT2D eigenvalue weighted by atomic mass is 32.2. The molecule has 0 radical (unpaired) electrons. The molecule has 1 heterocycles. The number of para-hydroxylation sites is 1. The largest absolute Gasteiger partial charge is 0.483 e. The summed E-state index contributed by atoms with van der Waals surface area (Å²) in [5.41, 5.74) is 0. The second-order valence-electron chi connectivity index (χ2n) is 7.99. The molecule has 4 atom stereocenters. The number of nitrogens with zero attached hydrogens (tertiary/aromatic N) is 3. The van der Waals surface area contributed by atoms with Crippen LogP contribution in [0.25, 0.3) is 0 Å². The van der Waals surface area contributed by atoms with Crippen molar-refractivity contribution in [2.45, 2.75) is 56.8 Å². The van der Waals surface area contributed by atoms with Crippen molar-refractivity contribution in [3.63, 3.8) is 0 Å². The number of fused-ring (bicyclic) bond motifs is 2. The Hall–Kier alpha value is -1.60. The van der Waals surface area contributed by atoms with E-state index >= 15 is 0 Å². The molecule has 1 N–H and O–H groups in total. The van der Waals surface area contributed by atoms with E-state index in [4.69, 9.17) is 9.84 Å². The van der Waals surface area contributed by atoms with Gasteiger partial charge < -0.3 is 9.84 Å². The molecule has 2 aliphatic rings. The van der Waals surface area contributed by atoms with Gasteiger partial charge in [0.15, 0.2) is 22.5 Å². The van der Waals surface area contributed by atoms with E-state index in [-0.39, 0.29) is 24.8 Å². The molecule has 0 spiro atoms. The maximum absolute atomic E-state index is 13.9. The third-order valence-electron chi connectivity index (χ3n) is 6.28. The number of halogens is 1. The Labute approximate surface area is 169 Å². The molecule has 2 aliphatic carbocycles. The van der Waals surface area contributed by atoms with Crippen LogP contribution >= 0.6 is 11.8 Å². The molecule has 5 nitrogen and oxygen atoms in total. The number of aliphatic hydroxyl groups excluding tert-OH is 1. The Bertz CT molecular complexity index is 800. The van der Waals surface area contributed by atoms with Crippen LogP contribution in [-0.2, 0) is 6.61 Å². The monoisotopic (exact) mass is 405 g/mol. The minimum atomic E-state index is -0.368. The summed E-state index contributed by atoms with van der Waals surface area (Å²) in [6.07, 6.45) is 6.05. The Morgan fingerprint density at radius 1 is 1.29 bits per heavy atom. The summed E-state index contributed by atoms with van der Waals surface area (Å²) in [6.45, 7) is 2.63. The van der Waals surface area contributed by atoms with E-state index < -0.39 is 0 Å². The van der Waals surface area contributed by atoms with Crippen molar-refractivity contribution in [2.24, 2.45) is 17.8 Å². The van der Waals surface area contributed by atoms with Gasteiger partial charge in [0.2, 0.25) is 0 Å². The van der Waals surface area contributed by atoms with Crippen LogP contribution in [0, 0.1) is 23.6 Å². The quantitative estimate of drug-likeness (QED) is 0.493. The van der Waals surface area contributed by atoms with Gasteiger partial charge >= 0.3 is 0 Å². The molecule has 2 bridgehead atoms. The number of benzene rings is 1. The lowest BCUT2D eigenvalue weighted by molar-refractivity contribution is 0.215. The fourth-order valence-corrected chi connectivity index (χ4v) is 5.89. The summed E-state index contributed by atoms with van der Waals surface area (Å²) in [4.78, 5) is 0. The molecule has 152 valence electrons. The van der Waals surface area contributed by atoms with Gasteiger partial charge in [0.05, 0.1) is 0 Å². The Morgan fingerprint density at radius 3 is 2.86 bits per heavy atom. The van der Waals surface area contributed by atoms with Crippen molar-refractivity contribution in [2.75, 3.05) is 12.4 Å². The third kappa shape index (κ3) is 4.06. The minimum Gasteiger partial charge on any atom is -0.483 e. The molecule has 0 aliphatic heterocycles. The zero-order valence-corrected chi connectivity index (χ0v) is 17.1. The van der Waals surface area contributed by atoms with Crippen LogP contribution in [0.1, 0.15) is 50.9 Å². The molecular weight excluding hydrogens is 377 g/mol. The molecule has 7 heteroatoms. The first-order chi connectivity index (χ1) is 13.7. The lowest BCUT2D eigenvalue weighted by Gasteiger charge is -2.30. The lowest BCUT2D eigenvalue weighted by atomic mass is 9.84. The highest BCUT2D eigenvalue weighted by molar-refractivity contribution is 7.99. The predicted octanol–water partition coefficient (Wildman–Crippen LogP) is 4.47. The smallest absolute Gasteiger partial charge is 0.191 e. The fourth-order valence-electron chi connectivity index (χ4n) is 4.92. The molecule has 28 heavy (non-hydrogen) atoms. The van der Waals surface area contributed by atoms with Crippen LogP contribution in [-0.4, -0.2) is 32.2 Å². The topological polar surface area (TPSA) is 60.2 Å².